The molecule has 1 aromatic heterocycles. The summed E-state index contributed by atoms with van der Waals surface area (Å²) in [6.45, 7) is 2.68. The number of rotatable bonds is 5. The van der Waals surface area contributed by atoms with Gasteiger partial charge in [-0.25, -0.2) is 9.59 Å². The fourth-order valence-corrected chi connectivity index (χ4v) is 2.27. The topological polar surface area (TPSA) is 83.0 Å². The second-order valence-electron chi connectivity index (χ2n) is 5.45. The number of pyridine rings is 1. The number of aliphatic carboxylic acids is 1. The van der Waals surface area contributed by atoms with Crippen LogP contribution in [0.2, 0.25) is 0 Å². The van der Waals surface area contributed by atoms with Gasteiger partial charge in [-0.3, -0.25) is 4.98 Å². The number of hydrogen-bond acceptors (Lipinski definition) is 4. The SMILES string of the molecule is CN(Cc1ccccn1)C(=O)N1CC(C)(OCC(=O)O)C1. The molecule has 7 nitrogen and oxygen atoms in total. The third-order valence-corrected chi connectivity index (χ3v) is 3.32. The Morgan fingerprint density at radius 1 is 1.48 bits per heavy atom. The molecular weight excluding hydrogens is 274 g/mol. The first-order valence-electron chi connectivity index (χ1n) is 6.65. The van der Waals surface area contributed by atoms with Crippen molar-refractivity contribution in [3.05, 3.63) is 30.1 Å². The Labute approximate surface area is 123 Å². The van der Waals surface area contributed by atoms with E-state index in [-0.39, 0.29) is 12.6 Å². The summed E-state index contributed by atoms with van der Waals surface area (Å²) < 4.78 is 5.28. The number of urea groups is 1. The van der Waals surface area contributed by atoms with E-state index in [9.17, 15) is 9.59 Å². The first kappa shape index (κ1) is 15.2. The van der Waals surface area contributed by atoms with Gasteiger partial charge in [0.1, 0.15) is 12.2 Å². The third kappa shape index (κ3) is 3.91. The van der Waals surface area contributed by atoms with Gasteiger partial charge in [-0.1, -0.05) is 6.07 Å². The molecule has 21 heavy (non-hydrogen) atoms. The first-order chi connectivity index (χ1) is 9.89. The highest BCUT2D eigenvalue weighted by atomic mass is 16.5. The quantitative estimate of drug-likeness (QED) is 0.868. The predicted molar refractivity (Wildman–Crippen MR) is 74.7 cm³/mol. The van der Waals surface area contributed by atoms with E-state index >= 15 is 0 Å². The number of carbonyl (C=O) groups excluding carboxylic acids is 1. The second-order valence-corrected chi connectivity index (χ2v) is 5.45. The molecule has 114 valence electrons. The molecule has 2 heterocycles. The minimum atomic E-state index is -1.01. The number of nitrogens with zero attached hydrogens (tertiary/aromatic N) is 3. The first-order valence-corrected chi connectivity index (χ1v) is 6.65. The third-order valence-electron chi connectivity index (χ3n) is 3.32. The summed E-state index contributed by atoms with van der Waals surface area (Å²) >= 11 is 0. The van der Waals surface area contributed by atoms with Crippen LogP contribution in [-0.4, -0.2) is 64.2 Å². The largest absolute Gasteiger partial charge is 0.480 e. The van der Waals surface area contributed by atoms with Crippen molar-refractivity contribution in [3.8, 4) is 0 Å². The van der Waals surface area contributed by atoms with Crippen LogP contribution < -0.4 is 0 Å². The molecule has 1 N–H and O–H groups in total. The monoisotopic (exact) mass is 293 g/mol. The molecule has 1 aromatic rings. The maximum absolute atomic E-state index is 12.2. The van der Waals surface area contributed by atoms with Crippen LogP contribution in [-0.2, 0) is 16.1 Å². The zero-order chi connectivity index (χ0) is 15.5. The Hall–Kier alpha value is -2.15. The van der Waals surface area contributed by atoms with Crippen molar-refractivity contribution >= 4 is 12.0 Å². The number of carboxylic acids is 1. The Morgan fingerprint density at radius 2 is 2.19 bits per heavy atom. The zero-order valence-corrected chi connectivity index (χ0v) is 12.2. The summed E-state index contributed by atoms with van der Waals surface area (Å²) in [5.74, 6) is -1.01. The predicted octanol–water partition coefficient (Wildman–Crippen LogP) is 0.809. The summed E-state index contributed by atoms with van der Waals surface area (Å²) in [4.78, 5) is 30.1. The number of amides is 2. The average Bonchev–Trinajstić information content (AvgIpc) is 2.42. The van der Waals surface area contributed by atoms with Crippen LogP contribution in [0.15, 0.2) is 24.4 Å². The van der Waals surface area contributed by atoms with Gasteiger partial charge in [-0.2, -0.15) is 0 Å². The summed E-state index contributed by atoms with van der Waals surface area (Å²) in [7, 11) is 1.71. The van der Waals surface area contributed by atoms with Gasteiger partial charge in [0.05, 0.1) is 25.3 Å². The molecule has 7 heteroatoms. The number of likely N-dealkylation sites (tertiary alicyclic amines) is 1. The van der Waals surface area contributed by atoms with E-state index in [2.05, 4.69) is 4.98 Å². The highest BCUT2D eigenvalue weighted by Crippen LogP contribution is 2.25. The molecule has 2 amide bonds. The zero-order valence-electron chi connectivity index (χ0n) is 12.2. The lowest BCUT2D eigenvalue weighted by Crippen LogP contribution is -2.65. The van der Waals surface area contributed by atoms with Crippen molar-refractivity contribution < 1.29 is 19.4 Å². The molecule has 0 saturated carbocycles. The lowest BCUT2D eigenvalue weighted by Gasteiger charge is -2.48. The van der Waals surface area contributed by atoms with Gasteiger partial charge in [0, 0.05) is 13.2 Å². The molecule has 1 fully saturated rings. The van der Waals surface area contributed by atoms with Crippen LogP contribution in [0.5, 0.6) is 0 Å². The number of aromatic nitrogens is 1. The molecule has 2 rings (SSSR count). The summed E-state index contributed by atoms with van der Waals surface area (Å²) in [6.07, 6.45) is 1.69. The number of carboxylic acid groups (broad SMARTS) is 1. The van der Waals surface area contributed by atoms with Crippen molar-refractivity contribution in [3.63, 3.8) is 0 Å². The van der Waals surface area contributed by atoms with Crippen molar-refractivity contribution in [1.82, 2.24) is 14.8 Å². The molecule has 0 aromatic carbocycles. The number of carbonyl (C=O) groups is 2. The Morgan fingerprint density at radius 3 is 2.76 bits per heavy atom. The number of hydrogen-bond donors (Lipinski definition) is 1. The van der Waals surface area contributed by atoms with Crippen LogP contribution in [0.3, 0.4) is 0 Å². The van der Waals surface area contributed by atoms with Crippen LogP contribution in [0.25, 0.3) is 0 Å². The Balaban J connectivity index is 1.81. The van der Waals surface area contributed by atoms with Gasteiger partial charge in [0.2, 0.25) is 0 Å². The minimum Gasteiger partial charge on any atom is -0.480 e. The highest BCUT2D eigenvalue weighted by molar-refractivity contribution is 5.75. The molecule has 0 aliphatic carbocycles. The van der Waals surface area contributed by atoms with E-state index in [4.69, 9.17) is 9.84 Å². The molecule has 1 aliphatic heterocycles. The molecule has 0 radical (unpaired) electrons. The van der Waals surface area contributed by atoms with E-state index in [1.807, 2.05) is 18.2 Å². The summed E-state index contributed by atoms with van der Waals surface area (Å²) in [5, 5.41) is 8.60. The normalized spacial score (nSPS) is 16.2. The molecule has 1 aliphatic rings. The van der Waals surface area contributed by atoms with Gasteiger partial charge in [0.15, 0.2) is 0 Å². The number of ether oxygens (including phenoxy) is 1. The minimum absolute atomic E-state index is 0.114. The maximum atomic E-state index is 12.2. The van der Waals surface area contributed by atoms with Gasteiger partial charge in [-0.15, -0.1) is 0 Å². The van der Waals surface area contributed by atoms with Crippen LogP contribution in [0.1, 0.15) is 12.6 Å². The van der Waals surface area contributed by atoms with E-state index in [0.717, 1.165) is 5.69 Å². The smallest absolute Gasteiger partial charge is 0.329 e. The van der Waals surface area contributed by atoms with Crippen molar-refractivity contribution in [1.29, 1.82) is 0 Å². The van der Waals surface area contributed by atoms with Gasteiger partial charge in [0.25, 0.3) is 0 Å². The Bertz CT molecular complexity index is 514. The fourth-order valence-electron chi connectivity index (χ4n) is 2.27. The molecule has 1 saturated heterocycles. The standard InChI is InChI=1S/C14H19N3O4/c1-14(21-8-12(18)19)9-17(10-14)13(20)16(2)7-11-5-3-4-6-15-11/h3-6H,7-10H2,1-2H3,(H,18,19). The van der Waals surface area contributed by atoms with Crippen molar-refractivity contribution in [2.45, 2.75) is 19.1 Å². The van der Waals surface area contributed by atoms with Gasteiger partial charge < -0.3 is 19.6 Å². The van der Waals surface area contributed by atoms with Crippen LogP contribution in [0, 0.1) is 0 Å². The van der Waals surface area contributed by atoms with Crippen molar-refractivity contribution in [2.75, 3.05) is 26.7 Å². The summed E-state index contributed by atoms with van der Waals surface area (Å²) in [5.41, 5.74) is 0.249. The fraction of sp³-hybridized carbons (Fsp3) is 0.500. The molecule has 0 atom stereocenters. The van der Waals surface area contributed by atoms with E-state index in [1.54, 1.807) is 30.0 Å². The van der Waals surface area contributed by atoms with Gasteiger partial charge in [-0.05, 0) is 19.1 Å². The lowest BCUT2D eigenvalue weighted by atomic mass is 9.97. The van der Waals surface area contributed by atoms with E-state index in [1.165, 1.54) is 0 Å². The second kappa shape index (κ2) is 6.09. The van der Waals surface area contributed by atoms with Gasteiger partial charge >= 0.3 is 12.0 Å². The van der Waals surface area contributed by atoms with E-state index in [0.29, 0.717) is 19.6 Å². The molecular formula is C14H19N3O4. The average molecular weight is 293 g/mol. The molecule has 0 unspecified atom stereocenters. The molecule has 0 spiro atoms. The van der Waals surface area contributed by atoms with E-state index < -0.39 is 11.6 Å². The van der Waals surface area contributed by atoms with Crippen molar-refractivity contribution in [2.24, 2.45) is 0 Å². The Kier molecular flexibility index (Phi) is 4.42. The van der Waals surface area contributed by atoms with Crippen LogP contribution >= 0.6 is 0 Å². The molecule has 0 bridgehead atoms. The summed E-state index contributed by atoms with van der Waals surface area (Å²) in [6, 6.07) is 5.45. The maximum Gasteiger partial charge on any atom is 0.329 e. The highest BCUT2D eigenvalue weighted by Gasteiger charge is 2.43. The van der Waals surface area contributed by atoms with Crippen LogP contribution in [0.4, 0.5) is 4.79 Å². The lowest BCUT2D eigenvalue weighted by molar-refractivity contribution is -0.160.